The third kappa shape index (κ3) is 1.59. The lowest BCUT2D eigenvalue weighted by Gasteiger charge is -2.31. The van der Waals surface area contributed by atoms with Crippen LogP contribution in [0.5, 0.6) is 0 Å². The quantitative estimate of drug-likeness (QED) is 0.667. The largest absolute Gasteiger partial charge is 0.436 e. The maximum absolute atomic E-state index is 14.1. The molecule has 2 unspecified atom stereocenters. The number of rotatable bonds is 1. The van der Waals surface area contributed by atoms with Crippen LogP contribution < -0.4 is 0 Å². The lowest BCUT2D eigenvalue weighted by Crippen LogP contribution is -2.46. The summed E-state index contributed by atoms with van der Waals surface area (Å²) < 4.78 is 36.2. The van der Waals surface area contributed by atoms with E-state index in [0.29, 0.717) is 0 Å². The van der Waals surface area contributed by atoms with E-state index in [4.69, 9.17) is 0 Å². The summed E-state index contributed by atoms with van der Waals surface area (Å²) in [7, 11) is 0. The van der Waals surface area contributed by atoms with E-state index in [-0.39, 0.29) is 5.56 Å². The van der Waals surface area contributed by atoms with E-state index >= 15 is 0 Å². The molecule has 1 heterocycles. The first-order chi connectivity index (χ1) is 7.14. The fraction of sp³-hybridized carbons (Fsp3) is 0.300. The fourth-order valence-electron chi connectivity index (χ4n) is 1.37. The van der Waals surface area contributed by atoms with Gasteiger partial charge in [0, 0.05) is 5.56 Å². The van der Waals surface area contributed by atoms with Crippen molar-refractivity contribution in [2.24, 2.45) is 0 Å². The van der Waals surface area contributed by atoms with E-state index in [1.54, 1.807) is 6.07 Å². The second kappa shape index (κ2) is 3.58. The number of esters is 1. The van der Waals surface area contributed by atoms with E-state index < -0.39 is 24.8 Å². The Kier molecular flexibility index (Phi) is 2.40. The van der Waals surface area contributed by atoms with Crippen LogP contribution in [-0.2, 0) is 20.1 Å². The van der Waals surface area contributed by atoms with E-state index in [9.17, 15) is 13.6 Å². The SMILES string of the molecule is O=C1OCOC(F)(c2ccccc2)C1F. The van der Waals surface area contributed by atoms with Gasteiger partial charge in [-0.3, -0.25) is 0 Å². The van der Waals surface area contributed by atoms with E-state index in [0.717, 1.165) is 0 Å². The smallest absolute Gasteiger partial charge is 0.349 e. The van der Waals surface area contributed by atoms with Crippen molar-refractivity contribution in [3.05, 3.63) is 35.9 Å². The molecule has 0 radical (unpaired) electrons. The minimum Gasteiger partial charge on any atom is -0.436 e. The molecule has 2 atom stereocenters. The highest BCUT2D eigenvalue weighted by Crippen LogP contribution is 2.36. The molecule has 0 amide bonds. The topological polar surface area (TPSA) is 35.5 Å². The Morgan fingerprint density at radius 3 is 2.67 bits per heavy atom. The van der Waals surface area contributed by atoms with Crippen LogP contribution in [0, 0.1) is 0 Å². The molecule has 1 aromatic rings. The van der Waals surface area contributed by atoms with E-state index in [1.807, 2.05) is 0 Å². The molecule has 80 valence electrons. The number of cyclic esters (lactones) is 1. The average Bonchev–Trinajstić information content (AvgIpc) is 2.27. The normalized spacial score (nSPS) is 31.1. The van der Waals surface area contributed by atoms with Crippen molar-refractivity contribution in [3.63, 3.8) is 0 Å². The van der Waals surface area contributed by atoms with Gasteiger partial charge in [0.2, 0.25) is 0 Å². The predicted molar refractivity (Wildman–Crippen MR) is 46.2 cm³/mol. The summed E-state index contributed by atoms with van der Waals surface area (Å²) in [4.78, 5) is 10.9. The van der Waals surface area contributed by atoms with Crippen molar-refractivity contribution >= 4 is 5.97 Å². The van der Waals surface area contributed by atoms with Gasteiger partial charge in [0.15, 0.2) is 6.79 Å². The van der Waals surface area contributed by atoms with Gasteiger partial charge in [-0.25, -0.2) is 13.6 Å². The molecule has 5 heteroatoms. The predicted octanol–water partition coefficient (Wildman–Crippen LogP) is 1.68. The molecule has 0 bridgehead atoms. The molecular formula is C10H8F2O3. The Morgan fingerprint density at radius 1 is 1.33 bits per heavy atom. The lowest BCUT2D eigenvalue weighted by molar-refractivity contribution is -0.274. The molecule has 0 N–H and O–H groups in total. The zero-order valence-corrected chi connectivity index (χ0v) is 7.65. The van der Waals surface area contributed by atoms with Crippen LogP contribution >= 0.6 is 0 Å². The number of carbonyl (C=O) groups excluding carboxylic acids is 1. The molecule has 1 aliphatic rings. The first kappa shape index (κ1) is 10.0. The molecule has 3 nitrogen and oxygen atoms in total. The minimum absolute atomic E-state index is 0.0332. The Morgan fingerprint density at radius 2 is 2.00 bits per heavy atom. The van der Waals surface area contributed by atoms with Gasteiger partial charge in [-0.2, -0.15) is 0 Å². The first-order valence-electron chi connectivity index (χ1n) is 4.33. The van der Waals surface area contributed by atoms with Crippen molar-refractivity contribution in [2.75, 3.05) is 6.79 Å². The number of benzene rings is 1. The molecule has 0 aliphatic carbocycles. The van der Waals surface area contributed by atoms with Crippen LogP contribution in [0.15, 0.2) is 30.3 Å². The highest BCUT2D eigenvalue weighted by molar-refractivity contribution is 5.76. The van der Waals surface area contributed by atoms with Crippen molar-refractivity contribution in [1.29, 1.82) is 0 Å². The van der Waals surface area contributed by atoms with Gasteiger partial charge in [-0.15, -0.1) is 0 Å². The molecule has 0 aromatic heterocycles. The van der Waals surface area contributed by atoms with Crippen molar-refractivity contribution in [2.45, 2.75) is 12.0 Å². The molecule has 1 fully saturated rings. The first-order valence-corrected chi connectivity index (χ1v) is 4.33. The third-order valence-corrected chi connectivity index (χ3v) is 2.17. The second-order valence-electron chi connectivity index (χ2n) is 3.10. The van der Waals surface area contributed by atoms with Gasteiger partial charge in [-0.05, 0) is 0 Å². The molecular weight excluding hydrogens is 206 g/mol. The summed E-state index contributed by atoms with van der Waals surface area (Å²) in [6.45, 7) is -0.579. The fourth-order valence-corrected chi connectivity index (χ4v) is 1.37. The maximum atomic E-state index is 14.1. The van der Waals surface area contributed by atoms with Crippen LogP contribution in [0.3, 0.4) is 0 Å². The monoisotopic (exact) mass is 214 g/mol. The van der Waals surface area contributed by atoms with Crippen LogP contribution in [0.1, 0.15) is 5.56 Å². The highest BCUT2D eigenvalue weighted by atomic mass is 19.2. The zero-order valence-electron chi connectivity index (χ0n) is 7.65. The third-order valence-electron chi connectivity index (χ3n) is 2.17. The Bertz CT molecular complexity index is 368. The van der Waals surface area contributed by atoms with Crippen LogP contribution in [0.25, 0.3) is 0 Å². The Hall–Kier alpha value is -1.49. The molecule has 2 rings (SSSR count). The lowest BCUT2D eigenvalue weighted by atomic mass is 10.0. The standard InChI is InChI=1S/C10H8F2O3/c11-8-9(13)14-6-15-10(8,12)7-4-2-1-3-5-7/h1-5,8H,6H2. The number of halogens is 2. The Balaban J connectivity index is 2.37. The van der Waals surface area contributed by atoms with Gasteiger partial charge >= 0.3 is 5.97 Å². The number of ether oxygens (including phenoxy) is 2. The van der Waals surface area contributed by atoms with Crippen molar-refractivity contribution in [1.82, 2.24) is 0 Å². The summed E-state index contributed by atoms with van der Waals surface area (Å²) in [5.74, 6) is -3.98. The van der Waals surface area contributed by atoms with Gasteiger partial charge in [0.05, 0.1) is 0 Å². The van der Waals surface area contributed by atoms with Crippen LogP contribution in [0.4, 0.5) is 8.78 Å². The molecule has 0 saturated carbocycles. The number of hydrogen-bond donors (Lipinski definition) is 0. The van der Waals surface area contributed by atoms with Crippen LogP contribution in [-0.4, -0.2) is 18.9 Å². The zero-order chi connectivity index (χ0) is 10.9. The summed E-state index contributed by atoms with van der Waals surface area (Å²) in [6.07, 6.45) is -2.45. The summed E-state index contributed by atoms with van der Waals surface area (Å²) >= 11 is 0. The molecule has 1 saturated heterocycles. The Labute approximate surface area is 84.6 Å². The second-order valence-corrected chi connectivity index (χ2v) is 3.10. The van der Waals surface area contributed by atoms with Crippen LogP contribution in [0.2, 0.25) is 0 Å². The van der Waals surface area contributed by atoms with Gasteiger partial charge in [0.1, 0.15) is 0 Å². The summed E-state index contributed by atoms with van der Waals surface area (Å²) in [6, 6.07) is 7.43. The van der Waals surface area contributed by atoms with E-state index in [2.05, 4.69) is 9.47 Å². The summed E-state index contributed by atoms with van der Waals surface area (Å²) in [5, 5.41) is 0. The molecule has 0 spiro atoms. The van der Waals surface area contributed by atoms with Gasteiger partial charge < -0.3 is 9.47 Å². The molecule has 15 heavy (non-hydrogen) atoms. The molecule has 1 aromatic carbocycles. The summed E-state index contributed by atoms with van der Waals surface area (Å²) in [5.41, 5.74) is -0.0332. The highest BCUT2D eigenvalue weighted by Gasteiger charge is 2.51. The minimum atomic E-state index is -2.74. The van der Waals surface area contributed by atoms with Gasteiger partial charge in [-0.1, -0.05) is 30.3 Å². The van der Waals surface area contributed by atoms with Crippen molar-refractivity contribution in [3.8, 4) is 0 Å². The number of carbonyl (C=O) groups is 1. The van der Waals surface area contributed by atoms with Crippen molar-refractivity contribution < 1.29 is 23.0 Å². The average molecular weight is 214 g/mol. The number of alkyl halides is 2. The van der Waals surface area contributed by atoms with E-state index in [1.165, 1.54) is 24.3 Å². The maximum Gasteiger partial charge on any atom is 0.349 e. The number of hydrogen-bond acceptors (Lipinski definition) is 3. The molecule has 1 aliphatic heterocycles. The van der Waals surface area contributed by atoms with Gasteiger partial charge in [0.25, 0.3) is 12.0 Å².